The molecule has 4 saturated carbocycles. The van der Waals surface area contributed by atoms with Crippen LogP contribution in [0.4, 0.5) is 0 Å². The summed E-state index contributed by atoms with van der Waals surface area (Å²) in [5.74, 6) is 0.870. The van der Waals surface area contributed by atoms with Crippen molar-refractivity contribution in [3.8, 4) is 0 Å². The lowest BCUT2D eigenvalue weighted by Crippen LogP contribution is -2.68. The van der Waals surface area contributed by atoms with Crippen molar-refractivity contribution in [1.29, 1.82) is 0 Å². The van der Waals surface area contributed by atoms with E-state index in [1.54, 1.807) is 0 Å². The van der Waals surface area contributed by atoms with Gasteiger partial charge in [-0.25, -0.2) is 0 Å². The van der Waals surface area contributed by atoms with Gasteiger partial charge in [-0.05, 0) is 105 Å². The molecule has 0 unspecified atom stereocenters. The molecule has 12 fully saturated rings. The second-order valence-corrected chi connectivity index (χ2v) is 30.1. The van der Waals surface area contributed by atoms with E-state index in [1.807, 2.05) is 0 Å². The molecule has 0 amide bonds. The summed E-state index contributed by atoms with van der Waals surface area (Å²) in [5.41, 5.74) is -0.380. The van der Waals surface area contributed by atoms with E-state index in [0.29, 0.717) is 50.0 Å². The van der Waals surface area contributed by atoms with Crippen molar-refractivity contribution in [3.05, 3.63) is 0 Å². The molecule has 0 aromatic heterocycles. The van der Waals surface area contributed by atoms with Crippen LogP contribution in [0.5, 0.6) is 0 Å². The van der Waals surface area contributed by atoms with Gasteiger partial charge in [0.05, 0.1) is 64.1 Å². The predicted octanol–water partition coefficient (Wildman–Crippen LogP) is -7.26. The molecule has 0 aromatic rings. The highest BCUT2D eigenvalue weighted by Crippen LogP contribution is 2.71. The topological polar surface area (TPSA) is 514 Å². The zero-order valence-corrected chi connectivity index (χ0v) is 54.4. The van der Waals surface area contributed by atoms with Gasteiger partial charge in [-0.15, -0.1) is 0 Å². The molecule has 96 heavy (non-hydrogen) atoms. The van der Waals surface area contributed by atoms with E-state index in [9.17, 15) is 97.0 Å². The third-order valence-electron chi connectivity index (χ3n) is 24.6. The molecule has 12 aliphatic rings. The van der Waals surface area contributed by atoms with Crippen LogP contribution in [0.3, 0.4) is 0 Å². The smallest absolute Gasteiger partial charge is 0.187 e. The maximum Gasteiger partial charge on any atom is 0.187 e. The molecule has 33 nitrogen and oxygen atoms in total. The number of rotatable bonds is 17. The quantitative estimate of drug-likeness (QED) is 0.0602. The highest BCUT2D eigenvalue weighted by molar-refractivity contribution is 5.17. The maximum atomic E-state index is 12.8. The van der Waals surface area contributed by atoms with Crippen molar-refractivity contribution in [2.45, 2.75) is 301 Å². The van der Waals surface area contributed by atoms with Crippen LogP contribution in [0.25, 0.3) is 0 Å². The molecule has 1 spiro atoms. The highest BCUT2D eigenvalue weighted by Gasteiger charge is 2.70. The molecule has 0 radical (unpaired) electrons. The van der Waals surface area contributed by atoms with Crippen LogP contribution < -0.4 is 0 Å². The monoisotopic (exact) mass is 1390 g/mol. The predicted molar refractivity (Wildman–Crippen MR) is 314 cm³/mol. The zero-order valence-electron chi connectivity index (χ0n) is 54.4. The second-order valence-electron chi connectivity index (χ2n) is 30.1. The van der Waals surface area contributed by atoms with Crippen molar-refractivity contribution in [1.82, 2.24) is 0 Å². The Bertz CT molecular complexity index is 2540. The molecular formula is C63H104O33. The molecule has 8 saturated heterocycles. The molecular weight excluding hydrogens is 1280 g/mol. The zero-order chi connectivity index (χ0) is 69.1. The van der Waals surface area contributed by atoms with E-state index in [-0.39, 0.29) is 40.6 Å². The first-order valence-electron chi connectivity index (χ1n) is 34.3. The Morgan fingerprint density at radius 1 is 0.375 bits per heavy atom. The van der Waals surface area contributed by atoms with E-state index in [4.69, 9.17) is 66.3 Å². The third-order valence-corrected chi connectivity index (χ3v) is 24.6. The molecule has 8 heterocycles. The number of hydrogen-bond acceptors (Lipinski definition) is 33. The number of aliphatic hydroxyl groups is 19. The van der Waals surface area contributed by atoms with Crippen molar-refractivity contribution in [2.24, 2.45) is 52.3 Å². The van der Waals surface area contributed by atoms with Crippen molar-refractivity contribution < 1.29 is 163 Å². The number of hydrogen-bond donors (Lipinski definition) is 19. The summed E-state index contributed by atoms with van der Waals surface area (Å²) in [5, 5.41) is 211. The lowest BCUT2D eigenvalue weighted by atomic mass is 9.43. The average molecular weight is 1390 g/mol. The van der Waals surface area contributed by atoms with E-state index >= 15 is 0 Å². The van der Waals surface area contributed by atoms with Crippen LogP contribution >= 0.6 is 0 Å². The van der Waals surface area contributed by atoms with Gasteiger partial charge >= 0.3 is 0 Å². The third kappa shape index (κ3) is 13.1. The summed E-state index contributed by atoms with van der Waals surface area (Å²) in [7, 11) is 0. The van der Waals surface area contributed by atoms with Crippen molar-refractivity contribution in [3.63, 3.8) is 0 Å². The molecule has 12 rings (SSSR count). The minimum Gasteiger partial charge on any atom is -0.394 e. The summed E-state index contributed by atoms with van der Waals surface area (Å²) < 4.78 is 85.5. The minimum absolute atomic E-state index is 0.0272. The van der Waals surface area contributed by atoms with Crippen LogP contribution in [0.1, 0.15) is 92.4 Å². The van der Waals surface area contributed by atoms with Gasteiger partial charge in [0.25, 0.3) is 0 Å². The van der Waals surface area contributed by atoms with Gasteiger partial charge in [0, 0.05) is 12.3 Å². The van der Waals surface area contributed by atoms with Gasteiger partial charge in [0.15, 0.2) is 43.5 Å². The number of ether oxygens (including phenoxy) is 14. The number of fused-ring (bicyclic) bond motifs is 7. The minimum atomic E-state index is -2.21. The first-order chi connectivity index (χ1) is 45.6. The van der Waals surface area contributed by atoms with E-state index in [0.717, 1.165) is 32.1 Å². The van der Waals surface area contributed by atoms with E-state index in [2.05, 4.69) is 27.7 Å². The first-order valence-corrected chi connectivity index (χ1v) is 34.3. The fourth-order valence-electron chi connectivity index (χ4n) is 19.1. The molecule has 554 valence electrons. The summed E-state index contributed by atoms with van der Waals surface area (Å²) >= 11 is 0. The summed E-state index contributed by atoms with van der Waals surface area (Å²) in [6.07, 6.45) is -50.8. The largest absolute Gasteiger partial charge is 0.394 e. The maximum absolute atomic E-state index is 12.8. The Morgan fingerprint density at radius 2 is 0.844 bits per heavy atom. The summed E-state index contributed by atoms with van der Waals surface area (Å²) in [6, 6.07) is 0. The van der Waals surface area contributed by atoms with Crippen molar-refractivity contribution >= 4 is 0 Å². The van der Waals surface area contributed by atoms with Crippen molar-refractivity contribution in [2.75, 3.05) is 39.6 Å². The molecule has 43 atom stereocenters. The average Bonchev–Trinajstić information content (AvgIpc) is 1.49. The Labute approximate surface area is 554 Å². The molecule has 0 aromatic carbocycles. The normalized spacial score (nSPS) is 57.6. The van der Waals surface area contributed by atoms with Crippen LogP contribution in [0, 0.1) is 52.3 Å². The fourth-order valence-corrected chi connectivity index (χ4v) is 19.1. The van der Waals surface area contributed by atoms with Crippen LogP contribution in [0.2, 0.25) is 0 Å². The SMILES string of the molecule is C[C@@H]1CC[C@@]2(OC1)O[C@H]1C[C@H]3[C@@H]4C[C@H](O)[C@H]5C[C@@H](O[C@@H]6O[C@H](CO)[C@H](O[C@@H]7O[C@H](CO)[C@@H](O)[C@H](O[C@@H]8O[C@H](CO)[C@@H](O[C@@H]9O[C@@H](C)[C@H](O)[C@@H](O)[C@H]9O)[C@H](O)[C@H]8O)[C@H]7O)[C@H](O)[C@H]6O[C@@H]6O[C@H](CO)[C@@H](O)[C@H](O[C@@H]7O[C@H](CO)[C@@H](O)[C@H](O)[C@H]7O)[C@H]6O)CC[C@]5(C)[C@H]4CC[C@]3(C)[C@H]1[C@@H]2C. The van der Waals surface area contributed by atoms with Crippen LogP contribution in [0.15, 0.2) is 0 Å². The Kier molecular flexibility index (Phi) is 22.7. The van der Waals surface area contributed by atoms with Crippen LogP contribution in [-0.2, 0) is 66.3 Å². The first kappa shape index (κ1) is 74.4. The molecule has 33 heteroatoms. The molecule has 8 aliphatic heterocycles. The van der Waals surface area contributed by atoms with E-state index < -0.39 is 235 Å². The standard InChI is InChI=1S/C63H104O33/c1-21-6-11-63(83-20-21)22(2)36-30(96-63)14-27-25-13-29(69)28-12-24(7-9-61(28,4)26(25)8-10-62(27,36)5)85-60-54(95-59-49(82)53(40(73)33(17-66)88-59)93-56-45(78)42(75)38(71)31(15-64)86-56)47(80)51(35(19-68)90-60)92-58-48(81)52(39(72)32(16-65)87-58)94-57-46(79)43(76)50(34(18-67)89-57)91-55-44(77)41(74)37(70)23(3)84-55/h21-60,64-82H,6-20H2,1-5H3/t21-,22+,23+,24+,25-,26+,27+,28-,29+,30+,31-,32-,33-,34-,35-,36+,37+,38-,39-,40-,41-,42+,43-,44-,45-,46-,47+,48-,49-,50-,51+,52+,53+,54-,55+,56+,57+,58+,59+,60-,61-,62+,63-/m1/s1. The van der Waals surface area contributed by atoms with Gasteiger partial charge in [0.1, 0.15) is 140 Å². The van der Waals surface area contributed by atoms with Gasteiger partial charge in [-0.2, -0.15) is 0 Å². The van der Waals surface area contributed by atoms with E-state index in [1.165, 1.54) is 6.92 Å². The number of aliphatic hydroxyl groups excluding tert-OH is 19. The molecule has 0 bridgehead atoms. The summed E-state index contributed by atoms with van der Waals surface area (Å²) in [4.78, 5) is 0. The van der Waals surface area contributed by atoms with Gasteiger partial charge in [0.2, 0.25) is 0 Å². The lowest BCUT2D eigenvalue weighted by molar-refractivity contribution is -0.405. The Balaban J connectivity index is 0.780. The van der Waals surface area contributed by atoms with Gasteiger partial charge in [-0.3, -0.25) is 0 Å². The molecule has 19 N–H and O–H groups in total. The second kappa shape index (κ2) is 29.3. The Hall–Kier alpha value is -1.32. The summed E-state index contributed by atoms with van der Waals surface area (Å²) in [6.45, 7) is 6.45. The van der Waals surface area contributed by atoms with Gasteiger partial charge in [-0.1, -0.05) is 27.7 Å². The molecule has 4 aliphatic carbocycles. The fraction of sp³-hybridized carbons (Fsp3) is 1.00. The Morgan fingerprint density at radius 3 is 1.40 bits per heavy atom. The van der Waals surface area contributed by atoms with Gasteiger partial charge < -0.3 is 163 Å². The lowest BCUT2D eigenvalue weighted by Gasteiger charge is -2.62. The highest BCUT2D eigenvalue weighted by atomic mass is 16.8. The van der Waals surface area contributed by atoms with Crippen LogP contribution in [-0.4, -0.2) is 345 Å².